The molecular formula is C14H14N4. The highest BCUT2D eigenvalue weighted by molar-refractivity contribution is 5.26. The summed E-state index contributed by atoms with van der Waals surface area (Å²) in [4.78, 5) is 8.47. The van der Waals surface area contributed by atoms with E-state index in [0.29, 0.717) is 5.69 Å². The molecule has 4 nitrogen and oxygen atoms in total. The second-order valence-corrected chi connectivity index (χ2v) is 4.63. The molecule has 1 aliphatic carbocycles. The molecule has 18 heavy (non-hydrogen) atoms. The Hall–Kier alpha value is -2.15. The number of fused-ring (bicyclic) bond motifs is 1. The Morgan fingerprint density at radius 3 is 3.06 bits per heavy atom. The number of pyridine rings is 1. The highest BCUT2D eigenvalue weighted by Gasteiger charge is 2.15. The van der Waals surface area contributed by atoms with Crippen LogP contribution in [0.2, 0.25) is 0 Å². The first-order chi connectivity index (χ1) is 8.86. The van der Waals surface area contributed by atoms with E-state index in [0.717, 1.165) is 24.9 Å². The van der Waals surface area contributed by atoms with Crippen LogP contribution in [0.4, 0.5) is 0 Å². The van der Waals surface area contributed by atoms with Crippen molar-refractivity contribution < 1.29 is 0 Å². The van der Waals surface area contributed by atoms with Gasteiger partial charge in [-0.1, -0.05) is 0 Å². The summed E-state index contributed by atoms with van der Waals surface area (Å²) in [5, 5.41) is 8.85. The summed E-state index contributed by atoms with van der Waals surface area (Å²) in [6.07, 6.45) is 8.32. The number of aromatic nitrogens is 3. The van der Waals surface area contributed by atoms with Crippen molar-refractivity contribution in [3.8, 4) is 6.07 Å². The molecule has 0 saturated heterocycles. The molecule has 0 bridgehead atoms. The van der Waals surface area contributed by atoms with Crippen molar-refractivity contribution in [1.82, 2.24) is 14.5 Å². The molecule has 0 saturated carbocycles. The van der Waals surface area contributed by atoms with Gasteiger partial charge in [0.15, 0.2) is 0 Å². The van der Waals surface area contributed by atoms with E-state index in [-0.39, 0.29) is 0 Å². The number of aryl methyl sites for hydroxylation is 1. The maximum Gasteiger partial charge on any atom is 0.140 e. The van der Waals surface area contributed by atoms with Crippen molar-refractivity contribution >= 4 is 0 Å². The second-order valence-electron chi connectivity index (χ2n) is 4.63. The zero-order valence-electron chi connectivity index (χ0n) is 10.1. The average molecular weight is 238 g/mol. The van der Waals surface area contributed by atoms with Gasteiger partial charge in [-0.2, -0.15) is 5.26 Å². The first kappa shape index (κ1) is 11.0. The number of nitrogens with zero attached hydrogens (tertiary/aromatic N) is 4. The van der Waals surface area contributed by atoms with Crippen molar-refractivity contribution in [2.45, 2.75) is 32.2 Å². The SMILES string of the molecule is N#Cc1cc(Cn2cnc3c2CCCC3)ccn1. The molecule has 0 unspecified atom stereocenters. The van der Waals surface area contributed by atoms with Gasteiger partial charge in [-0.15, -0.1) is 0 Å². The van der Waals surface area contributed by atoms with Crippen LogP contribution in [0.25, 0.3) is 0 Å². The van der Waals surface area contributed by atoms with E-state index in [9.17, 15) is 0 Å². The zero-order chi connectivity index (χ0) is 12.4. The van der Waals surface area contributed by atoms with Crippen LogP contribution in [-0.2, 0) is 19.4 Å². The largest absolute Gasteiger partial charge is 0.330 e. The topological polar surface area (TPSA) is 54.5 Å². The van der Waals surface area contributed by atoms with Crippen LogP contribution in [0.3, 0.4) is 0 Å². The van der Waals surface area contributed by atoms with Gasteiger partial charge in [0.2, 0.25) is 0 Å². The Kier molecular flexibility index (Phi) is 2.81. The van der Waals surface area contributed by atoms with Gasteiger partial charge < -0.3 is 4.57 Å². The summed E-state index contributed by atoms with van der Waals surface area (Å²) < 4.78 is 2.20. The predicted octanol–water partition coefficient (Wildman–Crippen LogP) is 2.08. The summed E-state index contributed by atoms with van der Waals surface area (Å²) in [5.41, 5.74) is 4.18. The molecule has 3 rings (SSSR count). The zero-order valence-corrected chi connectivity index (χ0v) is 10.1. The Morgan fingerprint density at radius 2 is 2.17 bits per heavy atom. The fraction of sp³-hybridized carbons (Fsp3) is 0.357. The predicted molar refractivity (Wildman–Crippen MR) is 66.9 cm³/mol. The molecule has 0 spiro atoms. The lowest BCUT2D eigenvalue weighted by molar-refractivity contribution is 0.628. The van der Waals surface area contributed by atoms with E-state index < -0.39 is 0 Å². The number of rotatable bonds is 2. The minimum Gasteiger partial charge on any atom is -0.330 e. The number of hydrogen-bond donors (Lipinski definition) is 0. The summed E-state index contributed by atoms with van der Waals surface area (Å²) in [6.45, 7) is 0.777. The quantitative estimate of drug-likeness (QED) is 0.804. The minimum absolute atomic E-state index is 0.474. The molecule has 0 atom stereocenters. The van der Waals surface area contributed by atoms with E-state index in [2.05, 4.69) is 20.6 Å². The summed E-state index contributed by atoms with van der Waals surface area (Å²) in [5.74, 6) is 0. The monoisotopic (exact) mass is 238 g/mol. The molecular weight excluding hydrogens is 224 g/mol. The first-order valence-corrected chi connectivity index (χ1v) is 6.25. The van der Waals surface area contributed by atoms with Crippen LogP contribution in [0, 0.1) is 11.3 Å². The standard InChI is InChI=1S/C14H14N4/c15-8-12-7-11(5-6-16-12)9-18-10-17-13-3-1-2-4-14(13)18/h5-7,10H,1-4,9H2. The highest BCUT2D eigenvalue weighted by Crippen LogP contribution is 2.20. The smallest absolute Gasteiger partial charge is 0.140 e. The first-order valence-electron chi connectivity index (χ1n) is 6.25. The maximum absolute atomic E-state index is 8.85. The van der Waals surface area contributed by atoms with Crippen molar-refractivity contribution in [2.75, 3.05) is 0 Å². The van der Waals surface area contributed by atoms with Gasteiger partial charge in [0.1, 0.15) is 11.8 Å². The molecule has 0 radical (unpaired) electrons. The van der Waals surface area contributed by atoms with Crippen LogP contribution in [0.15, 0.2) is 24.7 Å². The maximum atomic E-state index is 8.85. The molecule has 0 aliphatic heterocycles. The molecule has 2 aromatic heterocycles. The Bertz CT molecular complexity index is 606. The van der Waals surface area contributed by atoms with Crippen molar-refractivity contribution in [2.24, 2.45) is 0 Å². The van der Waals surface area contributed by atoms with Gasteiger partial charge in [-0.05, 0) is 43.4 Å². The van der Waals surface area contributed by atoms with Gasteiger partial charge in [-0.3, -0.25) is 0 Å². The minimum atomic E-state index is 0.474. The molecule has 0 amide bonds. The molecule has 0 aromatic carbocycles. The van der Waals surface area contributed by atoms with Crippen LogP contribution in [0.5, 0.6) is 0 Å². The second kappa shape index (κ2) is 4.61. The normalized spacial score (nSPS) is 13.9. The van der Waals surface area contributed by atoms with E-state index in [1.54, 1.807) is 6.20 Å². The lowest BCUT2D eigenvalue weighted by Gasteiger charge is -2.14. The van der Waals surface area contributed by atoms with Gasteiger partial charge in [0, 0.05) is 18.4 Å². The van der Waals surface area contributed by atoms with E-state index in [4.69, 9.17) is 5.26 Å². The number of nitriles is 1. The fourth-order valence-corrected chi connectivity index (χ4v) is 2.50. The molecule has 0 N–H and O–H groups in total. The Morgan fingerprint density at radius 1 is 1.28 bits per heavy atom. The summed E-state index contributed by atoms with van der Waals surface area (Å²) >= 11 is 0. The van der Waals surface area contributed by atoms with Crippen molar-refractivity contribution in [1.29, 1.82) is 5.26 Å². The van der Waals surface area contributed by atoms with Crippen LogP contribution in [0.1, 0.15) is 35.5 Å². The highest BCUT2D eigenvalue weighted by atomic mass is 15.1. The Labute approximate surface area is 106 Å². The van der Waals surface area contributed by atoms with E-state index in [1.807, 2.05) is 18.5 Å². The van der Waals surface area contributed by atoms with Gasteiger partial charge in [0.25, 0.3) is 0 Å². The van der Waals surface area contributed by atoms with Gasteiger partial charge >= 0.3 is 0 Å². The van der Waals surface area contributed by atoms with E-state index >= 15 is 0 Å². The number of hydrogen-bond acceptors (Lipinski definition) is 3. The molecule has 2 aromatic rings. The Balaban J connectivity index is 1.88. The molecule has 90 valence electrons. The molecule has 0 fully saturated rings. The van der Waals surface area contributed by atoms with Crippen LogP contribution >= 0.6 is 0 Å². The number of imidazole rings is 1. The third kappa shape index (κ3) is 2.00. The van der Waals surface area contributed by atoms with Crippen molar-refractivity contribution in [3.05, 3.63) is 47.3 Å². The van der Waals surface area contributed by atoms with Crippen LogP contribution in [-0.4, -0.2) is 14.5 Å². The summed E-state index contributed by atoms with van der Waals surface area (Å²) in [6, 6.07) is 5.87. The van der Waals surface area contributed by atoms with Gasteiger partial charge in [-0.25, -0.2) is 9.97 Å². The van der Waals surface area contributed by atoms with Crippen LogP contribution < -0.4 is 0 Å². The molecule has 1 aliphatic rings. The molecule has 4 heteroatoms. The van der Waals surface area contributed by atoms with E-state index in [1.165, 1.54) is 24.2 Å². The lowest BCUT2D eigenvalue weighted by Crippen LogP contribution is -2.09. The summed E-state index contributed by atoms with van der Waals surface area (Å²) in [7, 11) is 0. The lowest BCUT2D eigenvalue weighted by atomic mass is 10.0. The third-order valence-corrected chi connectivity index (χ3v) is 3.40. The average Bonchev–Trinajstić information content (AvgIpc) is 2.83. The third-order valence-electron chi connectivity index (χ3n) is 3.40. The van der Waals surface area contributed by atoms with Gasteiger partial charge in [0.05, 0.1) is 12.0 Å². The molecule has 2 heterocycles. The van der Waals surface area contributed by atoms with Crippen molar-refractivity contribution in [3.63, 3.8) is 0 Å². The fourth-order valence-electron chi connectivity index (χ4n) is 2.50.